The highest BCUT2D eigenvalue weighted by Crippen LogP contribution is 2.24. The first kappa shape index (κ1) is 20.7. The van der Waals surface area contributed by atoms with Crippen molar-refractivity contribution >= 4 is 17.5 Å². The molecule has 1 amide bonds. The van der Waals surface area contributed by atoms with Gasteiger partial charge in [-0.2, -0.15) is 0 Å². The third-order valence-electron chi connectivity index (χ3n) is 4.77. The van der Waals surface area contributed by atoms with Crippen LogP contribution in [0.1, 0.15) is 49.2 Å². The normalized spacial score (nSPS) is 16.3. The Bertz CT molecular complexity index is 864. The SMILES string of the molecule is CC(C)(C)c1cnc(CN2CCCN(C(=O)c3cc(F)c(F)cc3Cl)CC2)o1. The number of carbonyl (C=O) groups is 1. The van der Waals surface area contributed by atoms with Crippen LogP contribution in [0.4, 0.5) is 8.78 Å². The Morgan fingerprint density at radius 2 is 1.89 bits per heavy atom. The molecule has 1 aromatic carbocycles. The zero-order valence-corrected chi connectivity index (χ0v) is 17.0. The molecule has 1 fully saturated rings. The van der Waals surface area contributed by atoms with Crippen LogP contribution in [0, 0.1) is 11.6 Å². The lowest BCUT2D eigenvalue weighted by Crippen LogP contribution is -2.35. The van der Waals surface area contributed by atoms with Crippen molar-refractivity contribution in [2.75, 3.05) is 26.2 Å². The molecular formula is C20H24ClF2N3O2. The predicted molar refractivity (Wildman–Crippen MR) is 102 cm³/mol. The monoisotopic (exact) mass is 411 g/mol. The van der Waals surface area contributed by atoms with Gasteiger partial charge in [-0.15, -0.1) is 0 Å². The Morgan fingerprint density at radius 3 is 2.57 bits per heavy atom. The summed E-state index contributed by atoms with van der Waals surface area (Å²) >= 11 is 5.95. The largest absolute Gasteiger partial charge is 0.444 e. The van der Waals surface area contributed by atoms with Crippen molar-refractivity contribution in [1.29, 1.82) is 0 Å². The van der Waals surface area contributed by atoms with Crippen molar-refractivity contribution < 1.29 is 18.0 Å². The molecule has 1 saturated heterocycles. The number of halogens is 3. The van der Waals surface area contributed by atoms with Gasteiger partial charge in [-0.05, 0) is 18.6 Å². The fourth-order valence-corrected chi connectivity index (χ4v) is 3.34. The minimum Gasteiger partial charge on any atom is -0.444 e. The summed E-state index contributed by atoms with van der Waals surface area (Å²) in [5, 5.41) is -0.0838. The van der Waals surface area contributed by atoms with Gasteiger partial charge in [0.05, 0.1) is 23.3 Å². The van der Waals surface area contributed by atoms with Gasteiger partial charge in [0.25, 0.3) is 5.91 Å². The molecule has 1 aliphatic heterocycles. The topological polar surface area (TPSA) is 49.6 Å². The van der Waals surface area contributed by atoms with E-state index in [2.05, 4.69) is 30.7 Å². The molecule has 0 spiro atoms. The molecule has 0 aliphatic carbocycles. The van der Waals surface area contributed by atoms with Crippen LogP contribution in [0.3, 0.4) is 0 Å². The highest BCUT2D eigenvalue weighted by molar-refractivity contribution is 6.33. The molecule has 2 aromatic rings. The number of rotatable bonds is 3. The maximum atomic E-state index is 13.5. The van der Waals surface area contributed by atoms with Crippen LogP contribution < -0.4 is 0 Å². The third-order valence-corrected chi connectivity index (χ3v) is 5.08. The summed E-state index contributed by atoms with van der Waals surface area (Å²) in [6.07, 6.45) is 2.51. The van der Waals surface area contributed by atoms with E-state index in [0.717, 1.165) is 30.9 Å². The van der Waals surface area contributed by atoms with Crippen molar-refractivity contribution in [1.82, 2.24) is 14.8 Å². The maximum Gasteiger partial charge on any atom is 0.255 e. The van der Waals surface area contributed by atoms with Gasteiger partial charge in [-0.3, -0.25) is 9.69 Å². The van der Waals surface area contributed by atoms with E-state index in [1.165, 1.54) is 0 Å². The number of nitrogens with zero attached hydrogens (tertiary/aromatic N) is 3. The Balaban J connectivity index is 1.64. The molecule has 28 heavy (non-hydrogen) atoms. The van der Waals surface area contributed by atoms with Crippen molar-refractivity contribution in [3.05, 3.63) is 52.2 Å². The van der Waals surface area contributed by atoms with Crippen LogP contribution in [-0.2, 0) is 12.0 Å². The lowest BCUT2D eigenvalue weighted by Gasteiger charge is -2.22. The number of oxazole rings is 1. The number of amides is 1. The van der Waals surface area contributed by atoms with Gasteiger partial charge in [0, 0.05) is 31.6 Å². The van der Waals surface area contributed by atoms with Gasteiger partial charge in [-0.25, -0.2) is 13.8 Å². The van der Waals surface area contributed by atoms with Gasteiger partial charge in [0.15, 0.2) is 11.6 Å². The Kier molecular flexibility index (Phi) is 6.05. The molecule has 3 rings (SSSR count). The van der Waals surface area contributed by atoms with Crippen molar-refractivity contribution in [3.63, 3.8) is 0 Å². The number of carbonyl (C=O) groups excluding carboxylic acids is 1. The molecule has 2 heterocycles. The Hall–Kier alpha value is -1.99. The van der Waals surface area contributed by atoms with Crippen molar-refractivity contribution in [2.45, 2.75) is 39.2 Å². The van der Waals surface area contributed by atoms with Crippen LogP contribution >= 0.6 is 11.6 Å². The van der Waals surface area contributed by atoms with E-state index in [-0.39, 0.29) is 16.0 Å². The number of hydrogen-bond donors (Lipinski definition) is 0. The summed E-state index contributed by atoms with van der Waals surface area (Å²) in [6.45, 7) is 9.14. The lowest BCUT2D eigenvalue weighted by atomic mass is 9.94. The van der Waals surface area contributed by atoms with Crippen LogP contribution in [0.25, 0.3) is 0 Å². The van der Waals surface area contributed by atoms with E-state index in [1.54, 1.807) is 11.1 Å². The molecule has 0 unspecified atom stereocenters. The van der Waals surface area contributed by atoms with Crippen LogP contribution in [0.5, 0.6) is 0 Å². The molecule has 8 heteroatoms. The van der Waals surface area contributed by atoms with E-state index >= 15 is 0 Å². The highest BCUT2D eigenvalue weighted by atomic mass is 35.5. The van der Waals surface area contributed by atoms with E-state index in [1.807, 2.05) is 0 Å². The second-order valence-electron chi connectivity index (χ2n) is 8.04. The molecule has 152 valence electrons. The van der Waals surface area contributed by atoms with Gasteiger partial charge in [-0.1, -0.05) is 32.4 Å². The fourth-order valence-electron chi connectivity index (χ4n) is 3.11. The standard InChI is InChI=1S/C20H24ClF2N3O2/c1-20(2,3)17-11-24-18(28-17)12-25-5-4-6-26(8-7-25)19(27)13-9-15(22)16(23)10-14(13)21/h9-11H,4-8,12H2,1-3H3. The van der Waals surface area contributed by atoms with Crippen molar-refractivity contribution in [3.8, 4) is 0 Å². The first-order valence-corrected chi connectivity index (χ1v) is 9.64. The lowest BCUT2D eigenvalue weighted by molar-refractivity contribution is 0.0760. The average molecular weight is 412 g/mol. The van der Waals surface area contributed by atoms with Gasteiger partial charge >= 0.3 is 0 Å². The molecule has 1 aliphatic rings. The number of benzene rings is 1. The van der Waals surface area contributed by atoms with Gasteiger partial charge in [0.2, 0.25) is 5.89 Å². The highest BCUT2D eigenvalue weighted by Gasteiger charge is 2.25. The molecule has 0 saturated carbocycles. The zero-order valence-electron chi connectivity index (χ0n) is 16.3. The molecule has 0 atom stereocenters. The average Bonchev–Trinajstić information content (AvgIpc) is 2.97. The summed E-state index contributed by atoms with van der Waals surface area (Å²) < 4.78 is 32.6. The Morgan fingerprint density at radius 1 is 1.18 bits per heavy atom. The minimum atomic E-state index is -1.08. The summed E-state index contributed by atoms with van der Waals surface area (Å²) in [5.74, 6) is -1.06. The molecule has 5 nitrogen and oxygen atoms in total. The second-order valence-corrected chi connectivity index (χ2v) is 8.44. The minimum absolute atomic E-state index is 0.0171. The summed E-state index contributed by atoms with van der Waals surface area (Å²) in [4.78, 5) is 20.9. The van der Waals surface area contributed by atoms with E-state index in [4.69, 9.17) is 16.0 Å². The quantitative estimate of drug-likeness (QED) is 0.708. The van der Waals surface area contributed by atoms with E-state index in [9.17, 15) is 13.6 Å². The molecule has 0 bridgehead atoms. The zero-order chi connectivity index (χ0) is 20.5. The first-order chi connectivity index (χ1) is 13.1. The van der Waals surface area contributed by atoms with Crippen LogP contribution in [0.15, 0.2) is 22.7 Å². The predicted octanol–water partition coefficient (Wildman–Crippen LogP) is 4.25. The smallest absolute Gasteiger partial charge is 0.255 e. The van der Waals surface area contributed by atoms with E-state index in [0.29, 0.717) is 32.1 Å². The Labute approximate surface area is 168 Å². The van der Waals surface area contributed by atoms with Gasteiger partial charge in [0.1, 0.15) is 5.76 Å². The van der Waals surface area contributed by atoms with Crippen LogP contribution in [0.2, 0.25) is 5.02 Å². The first-order valence-electron chi connectivity index (χ1n) is 9.26. The maximum absolute atomic E-state index is 13.5. The third kappa shape index (κ3) is 4.70. The molecule has 0 N–H and O–H groups in total. The molecular weight excluding hydrogens is 388 g/mol. The van der Waals surface area contributed by atoms with E-state index < -0.39 is 17.5 Å². The molecule has 1 aromatic heterocycles. The fraction of sp³-hybridized carbons (Fsp3) is 0.500. The van der Waals surface area contributed by atoms with Crippen LogP contribution in [-0.4, -0.2) is 46.9 Å². The summed E-state index contributed by atoms with van der Waals surface area (Å²) in [7, 11) is 0. The molecule has 0 radical (unpaired) electrons. The second kappa shape index (κ2) is 8.17. The van der Waals surface area contributed by atoms with Gasteiger partial charge < -0.3 is 9.32 Å². The summed E-state index contributed by atoms with van der Waals surface area (Å²) in [5.41, 5.74) is -0.117. The summed E-state index contributed by atoms with van der Waals surface area (Å²) in [6, 6.07) is 1.70. The van der Waals surface area contributed by atoms with Crippen molar-refractivity contribution in [2.24, 2.45) is 0 Å². The number of hydrogen-bond acceptors (Lipinski definition) is 4. The number of aromatic nitrogens is 1.